The summed E-state index contributed by atoms with van der Waals surface area (Å²) in [7, 11) is 1.29. The molecule has 0 saturated heterocycles. The lowest BCUT2D eigenvalue weighted by atomic mass is 9.61. The van der Waals surface area contributed by atoms with E-state index >= 15 is 0 Å². The number of alkyl carbamates (subject to hydrolysis) is 1. The van der Waals surface area contributed by atoms with Crippen molar-refractivity contribution in [3.63, 3.8) is 0 Å². The Morgan fingerprint density at radius 3 is 2.29 bits per heavy atom. The van der Waals surface area contributed by atoms with E-state index in [4.69, 9.17) is 4.74 Å². The second-order valence-electron chi connectivity index (χ2n) is 6.77. The number of carboxylic acids is 1. The second kappa shape index (κ2) is 8.12. The van der Waals surface area contributed by atoms with Gasteiger partial charge in [-0.25, -0.2) is 9.59 Å². The first-order chi connectivity index (χ1) is 13.4. The number of methoxy groups -OCH3 is 1. The van der Waals surface area contributed by atoms with Crippen LogP contribution in [0.5, 0.6) is 0 Å². The van der Waals surface area contributed by atoms with Gasteiger partial charge in [-0.15, -0.1) is 0 Å². The van der Waals surface area contributed by atoms with Crippen LogP contribution in [0.2, 0.25) is 0 Å². The van der Waals surface area contributed by atoms with E-state index in [0.29, 0.717) is 11.1 Å². The van der Waals surface area contributed by atoms with E-state index in [-0.39, 0.29) is 25.5 Å². The average Bonchev–Trinajstić information content (AvgIpc) is 2.69. The average molecular weight is 383 g/mol. The van der Waals surface area contributed by atoms with Crippen LogP contribution in [0.25, 0.3) is 0 Å². The van der Waals surface area contributed by atoms with Gasteiger partial charge in [0, 0.05) is 6.04 Å². The van der Waals surface area contributed by atoms with Gasteiger partial charge in [0.15, 0.2) is 0 Å². The van der Waals surface area contributed by atoms with Gasteiger partial charge in [-0.2, -0.15) is 0 Å². The molecule has 0 aliphatic heterocycles. The first-order valence-corrected chi connectivity index (χ1v) is 8.84. The molecular weight excluding hydrogens is 362 g/mol. The Bertz CT molecular complexity index is 856. The van der Waals surface area contributed by atoms with Gasteiger partial charge in [-0.3, -0.25) is 4.79 Å². The predicted molar refractivity (Wildman–Crippen MR) is 99.9 cm³/mol. The van der Waals surface area contributed by atoms with Crippen molar-refractivity contribution in [3.05, 3.63) is 71.3 Å². The number of carboxylic acid groups (broad SMARTS) is 1. The van der Waals surface area contributed by atoms with Gasteiger partial charge < -0.3 is 19.9 Å². The van der Waals surface area contributed by atoms with Crippen LogP contribution in [-0.2, 0) is 26.3 Å². The Balaban J connectivity index is 1.58. The molecule has 2 aromatic carbocycles. The number of rotatable bonds is 6. The topological polar surface area (TPSA) is 102 Å². The number of carbonyl (C=O) groups excluding carboxylic acids is 2. The van der Waals surface area contributed by atoms with Crippen molar-refractivity contribution in [3.8, 4) is 0 Å². The Labute approximate surface area is 162 Å². The fourth-order valence-electron chi connectivity index (χ4n) is 3.39. The molecule has 1 aliphatic rings. The van der Waals surface area contributed by atoms with Crippen LogP contribution in [0, 0.1) is 0 Å². The summed E-state index contributed by atoms with van der Waals surface area (Å²) in [5.41, 5.74) is 0.719. The zero-order valence-corrected chi connectivity index (χ0v) is 15.4. The quantitative estimate of drug-likeness (QED) is 0.744. The molecule has 2 N–H and O–H groups in total. The van der Waals surface area contributed by atoms with Gasteiger partial charge in [0.2, 0.25) is 0 Å². The Morgan fingerprint density at radius 2 is 1.71 bits per heavy atom. The van der Waals surface area contributed by atoms with Gasteiger partial charge in [0.05, 0.1) is 18.1 Å². The van der Waals surface area contributed by atoms with Crippen LogP contribution in [0.3, 0.4) is 0 Å². The number of carbonyl (C=O) groups is 3. The van der Waals surface area contributed by atoms with Crippen LogP contribution in [0.4, 0.5) is 4.79 Å². The molecule has 146 valence electrons. The van der Waals surface area contributed by atoms with E-state index < -0.39 is 23.4 Å². The minimum Gasteiger partial charge on any atom is -0.481 e. The third kappa shape index (κ3) is 3.98. The number of nitrogens with one attached hydrogen (secondary N) is 1. The number of amides is 1. The summed E-state index contributed by atoms with van der Waals surface area (Å²) in [6.45, 7) is 0.151. The lowest BCUT2D eigenvalue weighted by Crippen LogP contribution is -2.57. The highest BCUT2D eigenvalue weighted by molar-refractivity contribution is 5.90. The van der Waals surface area contributed by atoms with Crippen molar-refractivity contribution in [1.29, 1.82) is 0 Å². The molecular formula is C21H21NO6. The summed E-state index contributed by atoms with van der Waals surface area (Å²) in [4.78, 5) is 35.4. The van der Waals surface area contributed by atoms with Crippen molar-refractivity contribution in [2.45, 2.75) is 30.9 Å². The highest BCUT2D eigenvalue weighted by atomic mass is 16.5. The standard InChI is InChI=1S/C21H21NO6/c1-27-18(23)15-7-9-16(10-8-15)21(19(24)25)11-17(12-21)22-20(26)28-13-14-5-3-2-4-6-14/h2-10,17H,11-13H2,1H3,(H,22,26)(H,24,25). The number of hydrogen-bond acceptors (Lipinski definition) is 5. The van der Waals surface area contributed by atoms with Crippen LogP contribution >= 0.6 is 0 Å². The molecule has 1 amide bonds. The molecule has 1 fully saturated rings. The minimum atomic E-state index is -1.09. The number of esters is 1. The minimum absolute atomic E-state index is 0.151. The predicted octanol–water partition coefficient (Wildman–Crippen LogP) is 2.88. The van der Waals surface area contributed by atoms with E-state index in [2.05, 4.69) is 10.1 Å². The fraction of sp³-hybridized carbons (Fsp3) is 0.286. The lowest BCUT2D eigenvalue weighted by Gasteiger charge is -2.44. The number of benzene rings is 2. The SMILES string of the molecule is COC(=O)c1ccc(C2(C(=O)O)CC(NC(=O)OCc3ccccc3)C2)cc1. The van der Waals surface area contributed by atoms with Crippen LogP contribution in [-0.4, -0.2) is 36.3 Å². The van der Waals surface area contributed by atoms with Crippen molar-refractivity contribution in [1.82, 2.24) is 5.32 Å². The van der Waals surface area contributed by atoms with Crippen LogP contribution in [0.1, 0.15) is 34.3 Å². The largest absolute Gasteiger partial charge is 0.481 e. The summed E-state index contributed by atoms with van der Waals surface area (Å²) in [5.74, 6) is -1.45. The number of aliphatic carboxylic acids is 1. The summed E-state index contributed by atoms with van der Waals surface area (Å²) < 4.78 is 9.82. The molecule has 2 aromatic rings. The monoisotopic (exact) mass is 383 g/mol. The van der Waals surface area contributed by atoms with E-state index in [1.807, 2.05) is 30.3 Å². The highest BCUT2D eigenvalue weighted by Gasteiger charge is 2.52. The van der Waals surface area contributed by atoms with E-state index in [0.717, 1.165) is 5.56 Å². The zero-order valence-electron chi connectivity index (χ0n) is 15.4. The Morgan fingerprint density at radius 1 is 1.07 bits per heavy atom. The van der Waals surface area contributed by atoms with Crippen molar-refractivity contribution in [2.24, 2.45) is 0 Å². The Hall–Kier alpha value is -3.35. The molecule has 1 aliphatic carbocycles. The molecule has 7 nitrogen and oxygen atoms in total. The van der Waals surface area contributed by atoms with Crippen LogP contribution < -0.4 is 5.32 Å². The van der Waals surface area contributed by atoms with Gasteiger partial charge in [0.25, 0.3) is 0 Å². The molecule has 28 heavy (non-hydrogen) atoms. The van der Waals surface area contributed by atoms with Gasteiger partial charge in [0.1, 0.15) is 6.61 Å². The summed E-state index contributed by atoms with van der Waals surface area (Å²) >= 11 is 0. The third-order valence-electron chi connectivity index (χ3n) is 4.99. The molecule has 7 heteroatoms. The first-order valence-electron chi connectivity index (χ1n) is 8.84. The number of ether oxygens (including phenoxy) is 2. The normalized spacial score (nSPS) is 20.5. The second-order valence-corrected chi connectivity index (χ2v) is 6.77. The molecule has 0 radical (unpaired) electrons. The summed E-state index contributed by atoms with van der Waals surface area (Å²) in [5, 5.41) is 12.4. The van der Waals surface area contributed by atoms with Crippen molar-refractivity contribution in [2.75, 3.05) is 7.11 Å². The maximum Gasteiger partial charge on any atom is 0.407 e. The van der Waals surface area contributed by atoms with E-state index in [1.54, 1.807) is 24.3 Å². The van der Waals surface area contributed by atoms with Gasteiger partial charge in [-0.05, 0) is 36.1 Å². The molecule has 0 spiro atoms. The number of hydrogen-bond donors (Lipinski definition) is 2. The molecule has 1 saturated carbocycles. The molecule has 0 heterocycles. The summed E-state index contributed by atoms with van der Waals surface area (Å²) in [6, 6.07) is 15.3. The lowest BCUT2D eigenvalue weighted by molar-refractivity contribution is -0.148. The maximum atomic E-state index is 12.0. The van der Waals surface area contributed by atoms with Crippen molar-refractivity contribution >= 4 is 18.0 Å². The van der Waals surface area contributed by atoms with Crippen molar-refractivity contribution < 1.29 is 29.0 Å². The van der Waals surface area contributed by atoms with Crippen LogP contribution in [0.15, 0.2) is 54.6 Å². The molecule has 3 rings (SSSR count). The maximum absolute atomic E-state index is 12.0. The zero-order chi connectivity index (χ0) is 20.1. The van der Waals surface area contributed by atoms with E-state index in [9.17, 15) is 19.5 Å². The Kier molecular flexibility index (Phi) is 5.63. The molecule has 0 unspecified atom stereocenters. The smallest absolute Gasteiger partial charge is 0.407 e. The van der Waals surface area contributed by atoms with E-state index in [1.165, 1.54) is 7.11 Å². The first kappa shape index (κ1) is 19.4. The third-order valence-corrected chi connectivity index (χ3v) is 4.99. The summed E-state index contributed by atoms with van der Waals surface area (Å²) in [6.07, 6.45) is -0.0744. The molecule has 0 aromatic heterocycles. The van der Waals surface area contributed by atoms with Gasteiger partial charge in [-0.1, -0.05) is 42.5 Å². The molecule has 0 atom stereocenters. The molecule has 0 bridgehead atoms. The fourth-order valence-corrected chi connectivity index (χ4v) is 3.39. The van der Waals surface area contributed by atoms with Gasteiger partial charge >= 0.3 is 18.0 Å². The highest BCUT2D eigenvalue weighted by Crippen LogP contribution is 2.44.